The summed E-state index contributed by atoms with van der Waals surface area (Å²) in [5.74, 6) is 3.10. The normalized spacial score (nSPS) is 12.2. The summed E-state index contributed by atoms with van der Waals surface area (Å²) < 4.78 is 10.0. The third-order valence-electron chi connectivity index (χ3n) is 1.38. The fourth-order valence-electron chi connectivity index (χ4n) is 0.730. The highest BCUT2D eigenvalue weighted by Crippen LogP contribution is 2.01. The van der Waals surface area contributed by atoms with E-state index in [0.717, 1.165) is 10.9 Å². The number of hydrogen-bond donors (Lipinski definition) is 0. The van der Waals surface area contributed by atoms with E-state index >= 15 is 0 Å². The van der Waals surface area contributed by atoms with Gasteiger partial charge in [-0.15, -0.1) is 5.54 Å². The predicted molar refractivity (Wildman–Crippen MR) is 70.8 cm³/mol. The van der Waals surface area contributed by atoms with Gasteiger partial charge >= 0.3 is 0 Å². The van der Waals surface area contributed by atoms with E-state index in [1.165, 1.54) is 0 Å². The van der Waals surface area contributed by atoms with E-state index in [1.807, 2.05) is 6.08 Å². The molecule has 0 unspecified atom stereocenters. The lowest BCUT2D eigenvalue weighted by molar-refractivity contribution is -0.0209. The van der Waals surface area contributed by atoms with Gasteiger partial charge in [0.1, 0.15) is 14.9 Å². The minimum atomic E-state index is -1.26. The highest BCUT2D eigenvalue weighted by atomic mass is 79.9. The average molecular weight is 291 g/mol. The SMILES string of the molecule is COCOC/C(=C\C#C[Si](C)(C)C)CBr. The van der Waals surface area contributed by atoms with E-state index < -0.39 is 8.07 Å². The van der Waals surface area contributed by atoms with Gasteiger partial charge < -0.3 is 9.47 Å². The fourth-order valence-corrected chi connectivity index (χ4v) is 1.56. The molecule has 0 aliphatic heterocycles. The number of allylic oxidation sites excluding steroid dienone is 1. The quantitative estimate of drug-likeness (QED) is 0.255. The lowest BCUT2D eigenvalue weighted by atomic mass is 10.3. The lowest BCUT2D eigenvalue weighted by Gasteiger charge is -2.04. The second kappa shape index (κ2) is 8.11. The Labute approximate surface area is 102 Å². The van der Waals surface area contributed by atoms with Crippen molar-refractivity contribution >= 4 is 24.0 Å². The third kappa shape index (κ3) is 10.2. The molecule has 0 amide bonds. The largest absolute Gasteiger partial charge is 0.359 e. The van der Waals surface area contributed by atoms with Gasteiger partial charge in [-0.3, -0.25) is 0 Å². The smallest absolute Gasteiger partial charge is 0.146 e. The minimum absolute atomic E-state index is 0.325. The molecule has 0 atom stereocenters. The molecule has 0 rings (SSSR count). The number of halogens is 1. The van der Waals surface area contributed by atoms with E-state index in [2.05, 4.69) is 47.0 Å². The molecule has 0 saturated heterocycles. The first-order valence-corrected chi connectivity index (χ1v) is 9.45. The van der Waals surface area contributed by atoms with Crippen molar-refractivity contribution in [1.29, 1.82) is 0 Å². The van der Waals surface area contributed by atoms with Crippen molar-refractivity contribution in [3.8, 4) is 11.5 Å². The number of ether oxygens (including phenoxy) is 2. The summed E-state index contributed by atoms with van der Waals surface area (Å²) in [6.45, 7) is 7.57. The monoisotopic (exact) mass is 290 g/mol. The Balaban J connectivity index is 4.14. The zero-order valence-corrected chi connectivity index (χ0v) is 12.5. The number of methoxy groups -OCH3 is 1. The van der Waals surface area contributed by atoms with Crippen molar-refractivity contribution in [1.82, 2.24) is 0 Å². The highest BCUT2D eigenvalue weighted by Gasteiger charge is 2.06. The Morgan fingerprint density at radius 3 is 2.53 bits per heavy atom. The molecule has 0 fully saturated rings. The molecule has 0 heterocycles. The van der Waals surface area contributed by atoms with Crippen LogP contribution in [0.25, 0.3) is 0 Å². The Kier molecular flexibility index (Phi) is 8.07. The van der Waals surface area contributed by atoms with Crippen molar-refractivity contribution < 1.29 is 9.47 Å². The van der Waals surface area contributed by atoms with Crippen LogP contribution in [-0.4, -0.2) is 33.9 Å². The van der Waals surface area contributed by atoms with Gasteiger partial charge in [-0.1, -0.05) is 41.5 Å². The van der Waals surface area contributed by atoms with Crippen LogP contribution < -0.4 is 0 Å². The molecule has 0 bridgehead atoms. The summed E-state index contributed by atoms with van der Waals surface area (Å²) in [5.41, 5.74) is 4.42. The maximum atomic E-state index is 5.24. The average Bonchev–Trinajstić information content (AvgIpc) is 2.14. The summed E-state index contributed by atoms with van der Waals surface area (Å²) in [6, 6.07) is 0. The number of rotatable bonds is 5. The maximum absolute atomic E-state index is 5.24. The summed E-state index contributed by atoms with van der Waals surface area (Å²) in [5, 5.41) is 0.789. The topological polar surface area (TPSA) is 18.5 Å². The molecule has 0 aliphatic carbocycles. The second-order valence-corrected chi connectivity index (χ2v) is 9.52. The first-order valence-electron chi connectivity index (χ1n) is 4.83. The van der Waals surface area contributed by atoms with Crippen LogP contribution in [0.4, 0.5) is 0 Å². The van der Waals surface area contributed by atoms with E-state index in [4.69, 9.17) is 9.47 Å². The number of hydrogen-bond acceptors (Lipinski definition) is 2. The van der Waals surface area contributed by atoms with E-state index in [-0.39, 0.29) is 0 Å². The standard InChI is InChI=1S/C11H19BrO2Si/c1-13-10-14-9-11(8-12)6-5-7-15(2,3)4/h6H,8-10H2,1-4H3/b11-6-. The second-order valence-electron chi connectivity index (χ2n) is 4.21. The van der Waals surface area contributed by atoms with Crippen molar-refractivity contribution in [3.05, 3.63) is 11.6 Å². The highest BCUT2D eigenvalue weighted by molar-refractivity contribution is 9.09. The van der Waals surface area contributed by atoms with Crippen molar-refractivity contribution in [3.63, 3.8) is 0 Å². The van der Waals surface area contributed by atoms with Crippen molar-refractivity contribution in [2.75, 3.05) is 25.8 Å². The molecule has 2 nitrogen and oxygen atoms in total. The third-order valence-corrected chi connectivity index (χ3v) is 3.00. The van der Waals surface area contributed by atoms with Crippen LogP contribution in [0, 0.1) is 11.5 Å². The van der Waals surface area contributed by atoms with Gasteiger partial charge in [0.15, 0.2) is 0 Å². The van der Waals surface area contributed by atoms with Gasteiger partial charge in [-0.25, -0.2) is 0 Å². The summed E-state index contributed by atoms with van der Waals surface area (Å²) in [4.78, 5) is 0. The van der Waals surface area contributed by atoms with Crippen LogP contribution in [0.15, 0.2) is 11.6 Å². The number of alkyl halides is 1. The van der Waals surface area contributed by atoms with E-state index in [0.29, 0.717) is 13.4 Å². The molecule has 0 aromatic carbocycles. The zero-order chi connectivity index (χ0) is 11.7. The van der Waals surface area contributed by atoms with Gasteiger partial charge in [0.05, 0.1) is 6.61 Å². The van der Waals surface area contributed by atoms with Crippen LogP contribution in [0.2, 0.25) is 19.6 Å². The van der Waals surface area contributed by atoms with Gasteiger partial charge in [-0.05, 0) is 11.6 Å². The molecule has 0 saturated carbocycles. The van der Waals surface area contributed by atoms with Crippen LogP contribution in [0.1, 0.15) is 0 Å². The summed E-state index contributed by atoms with van der Waals surface area (Å²) in [7, 11) is 0.352. The van der Waals surface area contributed by atoms with Crippen LogP contribution >= 0.6 is 15.9 Å². The lowest BCUT2D eigenvalue weighted by Crippen LogP contribution is -2.16. The van der Waals surface area contributed by atoms with Gasteiger partial charge in [0.2, 0.25) is 0 Å². The van der Waals surface area contributed by atoms with Gasteiger partial charge in [0, 0.05) is 12.4 Å². The molecule has 0 aromatic rings. The Morgan fingerprint density at radius 2 is 2.07 bits per heavy atom. The molecule has 0 spiro atoms. The zero-order valence-electron chi connectivity index (χ0n) is 9.89. The summed E-state index contributed by atoms with van der Waals surface area (Å²) >= 11 is 3.40. The van der Waals surface area contributed by atoms with E-state index in [1.54, 1.807) is 7.11 Å². The molecule has 0 radical (unpaired) electrons. The molecule has 0 aliphatic rings. The van der Waals surface area contributed by atoms with E-state index in [9.17, 15) is 0 Å². The summed E-state index contributed by atoms with van der Waals surface area (Å²) in [6.07, 6.45) is 1.93. The Hall–Kier alpha value is -0.0831. The van der Waals surface area contributed by atoms with Crippen LogP contribution in [-0.2, 0) is 9.47 Å². The maximum Gasteiger partial charge on any atom is 0.146 e. The fraction of sp³-hybridized carbons (Fsp3) is 0.636. The molecule has 15 heavy (non-hydrogen) atoms. The van der Waals surface area contributed by atoms with Crippen molar-refractivity contribution in [2.24, 2.45) is 0 Å². The van der Waals surface area contributed by atoms with Gasteiger partial charge in [-0.2, -0.15) is 0 Å². The Bertz CT molecular complexity index is 258. The first kappa shape index (κ1) is 14.9. The molecule has 4 heteroatoms. The van der Waals surface area contributed by atoms with Crippen LogP contribution in [0.3, 0.4) is 0 Å². The first-order chi connectivity index (χ1) is 6.99. The molecule has 0 aromatic heterocycles. The molecule has 0 N–H and O–H groups in total. The predicted octanol–water partition coefficient (Wildman–Crippen LogP) is 2.81. The van der Waals surface area contributed by atoms with Gasteiger partial charge in [0.25, 0.3) is 0 Å². The molecule has 86 valence electrons. The van der Waals surface area contributed by atoms with Crippen LogP contribution in [0.5, 0.6) is 0 Å². The molecular formula is C11H19BrO2Si. The Morgan fingerprint density at radius 1 is 1.40 bits per heavy atom. The minimum Gasteiger partial charge on any atom is -0.359 e. The molecular weight excluding hydrogens is 272 g/mol. The van der Waals surface area contributed by atoms with Crippen molar-refractivity contribution in [2.45, 2.75) is 19.6 Å².